The molecule has 0 aliphatic rings. The number of fused-ring (bicyclic) bond motifs is 1. The van der Waals surface area contributed by atoms with Crippen LogP contribution in [0.15, 0.2) is 18.7 Å². The highest BCUT2D eigenvalue weighted by atomic mass is 15.5. The van der Waals surface area contributed by atoms with E-state index < -0.39 is 0 Å². The van der Waals surface area contributed by atoms with Crippen molar-refractivity contribution in [2.75, 3.05) is 5.32 Å². The van der Waals surface area contributed by atoms with Crippen molar-refractivity contribution in [3.05, 3.63) is 24.5 Å². The maximum atomic E-state index is 4.21. The summed E-state index contributed by atoms with van der Waals surface area (Å²) in [7, 11) is 0. The summed E-state index contributed by atoms with van der Waals surface area (Å²) < 4.78 is 1.78. The Bertz CT molecular complexity index is 613. The molecule has 0 aliphatic carbocycles. The lowest BCUT2D eigenvalue weighted by Gasteiger charge is -2.10. The van der Waals surface area contributed by atoms with E-state index in [0.29, 0.717) is 17.3 Å². The number of anilines is 1. The highest BCUT2D eigenvalue weighted by Crippen LogP contribution is 2.16. The summed E-state index contributed by atoms with van der Waals surface area (Å²) in [6, 6.07) is -0.121. The van der Waals surface area contributed by atoms with Crippen molar-refractivity contribution in [2.24, 2.45) is 0 Å². The zero-order valence-corrected chi connectivity index (χ0v) is 8.94. The second-order valence-electron chi connectivity index (χ2n) is 3.47. The number of hydrogen-bond donors (Lipinski definition) is 2. The van der Waals surface area contributed by atoms with Gasteiger partial charge in [0.15, 0.2) is 11.6 Å². The average Bonchev–Trinajstić information content (AvgIpc) is 3.00. The molecule has 3 aromatic heterocycles. The first kappa shape index (κ1) is 9.63. The van der Waals surface area contributed by atoms with Crippen LogP contribution in [0.2, 0.25) is 0 Å². The van der Waals surface area contributed by atoms with E-state index in [0.717, 1.165) is 0 Å². The SMILES string of the molecule is CC(Nc1nccn2cnnc12)c1nn[nH]n1. The molecular weight excluding hydrogens is 222 g/mol. The maximum absolute atomic E-state index is 4.21. The summed E-state index contributed by atoms with van der Waals surface area (Å²) in [6.45, 7) is 1.91. The molecule has 1 unspecified atom stereocenters. The van der Waals surface area contributed by atoms with E-state index in [2.05, 4.69) is 41.1 Å². The molecule has 1 atom stereocenters. The number of tetrazole rings is 1. The third kappa shape index (κ3) is 1.67. The molecule has 9 nitrogen and oxygen atoms in total. The van der Waals surface area contributed by atoms with Gasteiger partial charge < -0.3 is 5.32 Å². The number of H-pyrrole nitrogens is 1. The zero-order chi connectivity index (χ0) is 11.7. The first-order valence-corrected chi connectivity index (χ1v) is 4.99. The summed E-state index contributed by atoms with van der Waals surface area (Å²) in [6.07, 6.45) is 5.06. The molecule has 0 aromatic carbocycles. The second-order valence-corrected chi connectivity index (χ2v) is 3.47. The average molecular weight is 231 g/mol. The van der Waals surface area contributed by atoms with Gasteiger partial charge in [0.25, 0.3) is 0 Å². The Morgan fingerprint density at radius 3 is 3.18 bits per heavy atom. The highest BCUT2D eigenvalue weighted by molar-refractivity contribution is 5.61. The minimum Gasteiger partial charge on any atom is -0.357 e. The molecule has 0 radical (unpaired) electrons. The van der Waals surface area contributed by atoms with Crippen LogP contribution in [0.1, 0.15) is 18.8 Å². The van der Waals surface area contributed by atoms with Gasteiger partial charge in [-0.05, 0) is 6.92 Å². The number of nitrogens with zero attached hydrogens (tertiary/aromatic N) is 7. The lowest BCUT2D eigenvalue weighted by atomic mass is 10.3. The molecule has 2 N–H and O–H groups in total. The molecule has 3 heterocycles. The van der Waals surface area contributed by atoms with Gasteiger partial charge in [0, 0.05) is 12.4 Å². The van der Waals surface area contributed by atoms with Gasteiger partial charge in [0.2, 0.25) is 5.65 Å². The van der Waals surface area contributed by atoms with Gasteiger partial charge in [0.05, 0.1) is 6.04 Å². The van der Waals surface area contributed by atoms with Gasteiger partial charge in [-0.3, -0.25) is 4.40 Å². The van der Waals surface area contributed by atoms with Crippen molar-refractivity contribution in [1.29, 1.82) is 0 Å². The van der Waals surface area contributed by atoms with Crippen LogP contribution in [0.25, 0.3) is 5.65 Å². The number of aromatic amines is 1. The molecule has 0 spiro atoms. The van der Waals surface area contributed by atoms with E-state index in [1.54, 1.807) is 23.1 Å². The normalized spacial score (nSPS) is 12.8. The zero-order valence-electron chi connectivity index (χ0n) is 8.94. The Kier molecular flexibility index (Phi) is 2.14. The van der Waals surface area contributed by atoms with Crippen LogP contribution in [-0.4, -0.2) is 40.2 Å². The minimum absolute atomic E-state index is 0.121. The molecule has 86 valence electrons. The first-order valence-electron chi connectivity index (χ1n) is 4.99. The van der Waals surface area contributed by atoms with E-state index in [4.69, 9.17) is 0 Å². The first-order chi connectivity index (χ1) is 8.34. The number of aromatic nitrogens is 8. The van der Waals surface area contributed by atoms with Crippen LogP contribution in [0.3, 0.4) is 0 Å². The molecule has 0 bridgehead atoms. The predicted octanol–water partition coefficient (Wildman–Crippen LogP) is -0.190. The standard InChI is InChI=1S/C8H9N9/c1-5(6-12-15-16-13-6)11-7-8-14-10-4-17(8)3-2-9-7/h2-5H,1H3,(H,9,11)(H,12,13,15,16). The van der Waals surface area contributed by atoms with Crippen molar-refractivity contribution >= 4 is 11.5 Å². The summed E-state index contributed by atoms with van der Waals surface area (Å²) in [5.41, 5.74) is 0.655. The topological polar surface area (TPSA) is 110 Å². The van der Waals surface area contributed by atoms with Crippen molar-refractivity contribution < 1.29 is 0 Å². The molecule has 0 saturated heterocycles. The smallest absolute Gasteiger partial charge is 0.203 e. The molecule has 0 saturated carbocycles. The fraction of sp³-hybridized carbons (Fsp3) is 0.250. The Morgan fingerprint density at radius 2 is 2.35 bits per heavy atom. The fourth-order valence-electron chi connectivity index (χ4n) is 1.48. The van der Waals surface area contributed by atoms with Crippen molar-refractivity contribution in [2.45, 2.75) is 13.0 Å². The molecule has 0 amide bonds. The van der Waals surface area contributed by atoms with E-state index in [9.17, 15) is 0 Å². The number of nitrogens with one attached hydrogen (secondary N) is 2. The van der Waals surface area contributed by atoms with E-state index in [1.807, 2.05) is 6.92 Å². The minimum atomic E-state index is -0.121. The van der Waals surface area contributed by atoms with Crippen LogP contribution in [0, 0.1) is 0 Å². The summed E-state index contributed by atoms with van der Waals surface area (Å²) in [4.78, 5) is 4.21. The maximum Gasteiger partial charge on any atom is 0.203 e. The molecule has 3 aromatic rings. The summed E-state index contributed by atoms with van der Waals surface area (Å²) in [5.74, 6) is 1.19. The van der Waals surface area contributed by atoms with Gasteiger partial charge in [-0.2, -0.15) is 5.21 Å². The molecule has 9 heteroatoms. The van der Waals surface area contributed by atoms with Gasteiger partial charge in [-0.15, -0.1) is 20.4 Å². The second kappa shape index (κ2) is 3.77. The quantitative estimate of drug-likeness (QED) is 0.642. The largest absolute Gasteiger partial charge is 0.357 e. The van der Waals surface area contributed by atoms with Gasteiger partial charge in [-0.1, -0.05) is 5.21 Å². The molecular formula is C8H9N9. The Morgan fingerprint density at radius 1 is 1.41 bits per heavy atom. The van der Waals surface area contributed by atoms with Gasteiger partial charge in [0.1, 0.15) is 6.33 Å². The number of hydrogen-bond acceptors (Lipinski definition) is 7. The predicted molar refractivity (Wildman–Crippen MR) is 57.0 cm³/mol. The molecule has 3 rings (SSSR count). The van der Waals surface area contributed by atoms with Crippen molar-refractivity contribution in [1.82, 2.24) is 40.2 Å². The van der Waals surface area contributed by atoms with Crippen LogP contribution >= 0.6 is 0 Å². The van der Waals surface area contributed by atoms with E-state index >= 15 is 0 Å². The monoisotopic (exact) mass is 231 g/mol. The summed E-state index contributed by atoms with van der Waals surface area (Å²) >= 11 is 0. The molecule has 0 aliphatic heterocycles. The summed E-state index contributed by atoms with van der Waals surface area (Å²) in [5, 5.41) is 24.7. The van der Waals surface area contributed by atoms with Gasteiger partial charge in [-0.25, -0.2) is 4.98 Å². The lowest BCUT2D eigenvalue weighted by Crippen LogP contribution is -2.10. The van der Waals surface area contributed by atoms with Crippen LogP contribution in [0.5, 0.6) is 0 Å². The third-order valence-corrected chi connectivity index (χ3v) is 2.32. The Balaban J connectivity index is 1.92. The highest BCUT2D eigenvalue weighted by Gasteiger charge is 2.13. The van der Waals surface area contributed by atoms with Crippen LogP contribution < -0.4 is 5.32 Å². The van der Waals surface area contributed by atoms with Crippen LogP contribution in [-0.2, 0) is 0 Å². The lowest BCUT2D eigenvalue weighted by molar-refractivity contribution is 0.787. The van der Waals surface area contributed by atoms with E-state index in [-0.39, 0.29) is 6.04 Å². The van der Waals surface area contributed by atoms with E-state index in [1.165, 1.54) is 0 Å². The van der Waals surface area contributed by atoms with Crippen molar-refractivity contribution in [3.8, 4) is 0 Å². The van der Waals surface area contributed by atoms with Gasteiger partial charge >= 0.3 is 0 Å². The van der Waals surface area contributed by atoms with Crippen LogP contribution in [0.4, 0.5) is 5.82 Å². The Labute approximate surface area is 95.3 Å². The van der Waals surface area contributed by atoms with Crippen molar-refractivity contribution in [3.63, 3.8) is 0 Å². The Hall–Kier alpha value is -2.58. The number of rotatable bonds is 3. The molecule has 17 heavy (non-hydrogen) atoms. The molecule has 0 fully saturated rings. The fourth-order valence-corrected chi connectivity index (χ4v) is 1.48. The third-order valence-electron chi connectivity index (χ3n) is 2.32.